The molecule has 3 heterocycles. The third-order valence-corrected chi connectivity index (χ3v) is 6.66. The summed E-state index contributed by atoms with van der Waals surface area (Å²) >= 11 is 3.41. The summed E-state index contributed by atoms with van der Waals surface area (Å²) in [4.78, 5) is 52.6. The Morgan fingerprint density at radius 1 is 1.32 bits per heavy atom. The SMILES string of the molecule is CCC(C)N1C(=O)C2C(CC(N)=O)NC3(C(=O)Nc4ccc(Br)cc43)C2C1=O. The summed E-state index contributed by atoms with van der Waals surface area (Å²) in [5.41, 5.74) is 5.18. The van der Waals surface area contributed by atoms with Crippen LogP contribution in [-0.4, -0.2) is 40.6 Å². The van der Waals surface area contributed by atoms with Gasteiger partial charge < -0.3 is 11.1 Å². The van der Waals surface area contributed by atoms with Crippen LogP contribution in [0.15, 0.2) is 22.7 Å². The number of nitrogens with zero attached hydrogens (tertiary/aromatic N) is 1. The van der Waals surface area contributed by atoms with Crippen LogP contribution in [0.1, 0.15) is 32.3 Å². The maximum atomic E-state index is 13.4. The number of likely N-dealkylation sites (tertiary alicyclic amines) is 1. The maximum absolute atomic E-state index is 13.4. The Kier molecular flexibility index (Phi) is 4.35. The van der Waals surface area contributed by atoms with Crippen molar-refractivity contribution in [3.63, 3.8) is 0 Å². The van der Waals surface area contributed by atoms with Crippen molar-refractivity contribution < 1.29 is 19.2 Å². The van der Waals surface area contributed by atoms with E-state index >= 15 is 0 Å². The number of benzene rings is 1. The van der Waals surface area contributed by atoms with Gasteiger partial charge in [-0.15, -0.1) is 0 Å². The molecule has 5 unspecified atom stereocenters. The van der Waals surface area contributed by atoms with Crippen LogP contribution in [0.3, 0.4) is 0 Å². The van der Waals surface area contributed by atoms with Gasteiger partial charge >= 0.3 is 0 Å². The number of halogens is 1. The van der Waals surface area contributed by atoms with Gasteiger partial charge in [-0.3, -0.25) is 29.4 Å². The number of nitrogens with two attached hydrogens (primary N) is 1. The molecule has 2 saturated heterocycles. The number of imide groups is 1. The number of fused-ring (bicyclic) bond motifs is 4. The molecule has 0 bridgehead atoms. The van der Waals surface area contributed by atoms with Gasteiger partial charge in [-0.2, -0.15) is 0 Å². The predicted molar refractivity (Wildman–Crippen MR) is 104 cm³/mol. The first-order valence-electron chi connectivity index (χ1n) is 9.26. The van der Waals surface area contributed by atoms with Crippen LogP contribution < -0.4 is 16.4 Å². The summed E-state index contributed by atoms with van der Waals surface area (Å²) < 4.78 is 0.745. The Morgan fingerprint density at radius 3 is 2.68 bits per heavy atom. The van der Waals surface area contributed by atoms with Gasteiger partial charge in [0.15, 0.2) is 0 Å². The zero-order chi connectivity index (χ0) is 20.4. The summed E-state index contributed by atoms with van der Waals surface area (Å²) in [5, 5.41) is 5.99. The van der Waals surface area contributed by atoms with E-state index in [4.69, 9.17) is 5.73 Å². The van der Waals surface area contributed by atoms with Gasteiger partial charge in [0.2, 0.25) is 23.6 Å². The molecule has 0 aliphatic carbocycles. The van der Waals surface area contributed by atoms with Crippen molar-refractivity contribution in [2.24, 2.45) is 17.6 Å². The summed E-state index contributed by atoms with van der Waals surface area (Å²) in [6.07, 6.45) is 0.471. The second-order valence-corrected chi connectivity index (χ2v) is 8.60. The van der Waals surface area contributed by atoms with Crippen LogP contribution in [0.2, 0.25) is 0 Å². The second-order valence-electron chi connectivity index (χ2n) is 7.68. The molecule has 0 radical (unpaired) electrons. The van der Waals surface area contributed by atoms with Crippen molar-refractivity contribution >= 4 is 45.2 Å². The fraction of sp³-hybridized carbons (Fsp3) is 0.474. The molecule has 1 aromatic rings. The van der Waals surface area contributed by atoms with Crippen LogP contribution in [0, 0.1) is 11.8 Å². The van der Waals surface area contributed by atoms with E-state index in [1.165, 1.54) is 4.90 Å². The lowest BCUT2D eigenvalue weighted by atomic mass is 9.76. The van der Waals surface area contributed by atoms with Crippen molar-refractivity contribution in [1.29, 1.82) is 0 Å². The van der Waals surface area contributed by atoms with Crippen molar-refractivity contribution in [2.45, 2.75) is 44.3 Å². The predicted octanol–water partition coefficient (Wildman–Crippen LogP) is 0.843. The van der Waals surface area contributed by atoms with Gasteiger partial charge in [0.25, 0.3) is 0 Å². The molecule has 4 amide bonds. The fourth-order valence-corrected chi connectivity index (χ4v) is 5.17. The van der Waals surface area contributed by atoms with E-state index in [2.05, 4.69) is 26.6 Å². The molecule has 2 fully saturated rings. The Morgan fingerprint density at radius 2 is 2.04 bits per heavy atom. The number of primary amides is 1. The lowest BCUT2D eigenvalue weighted by molar-refractivity contribution is -0.145. The topological polar surface area (TPSA) is 122 Å². The Balaban J connectivity index is 1.90. The van der Waals surface area contributed by atoms with Crippen molar-refractivity contribution in [2.75, 3.05) is 5.32 Å². The molecule has 4 N–H and O–H groups in total. The molecule has 3 aliphatic rings. The molecular weight excluding hydrogens is 428 g/mol. The number of rotatable bonds is 4. The number of nitrogens with one attached hydrogen (secondary N) is 2. The van der Waals surface area contributed by atoms with E-state index in [-0.39, 0.29) is 24.3 Å². The highest BCUT2D eigenvalue weighted by Gasteiger charge is 2.70. The largest absolute Gasteiger partial charge is 0.370 e. The van der Waals surface area contributed by atoms with Crippen LogP contribution in [-0.2, 0) is 24.7 Å². The van der Waals surface area contributed by atoms with Gasteiger partial charge in [0, 0.05) is 34.2 Å². The molecule has 0 aromatic heterocycles. The van der Waals surface area contributed by atoms with Crippen LogP contribution in [0.5, 0.6) is 0 Å². The number of hydrogen-bond acceptors (Lipinski definition) is 5. The summed E-state index contributed by atoms with van der Waals surface area (Å²) in [7, 11) is 0. The van der Waals surface area contributed by atoms with E-state index in [0.29, 0.717) is 17.7 Å². The van der Waals surface area contributed by atoms with Gasteiger partial charge in [0.1, 0.15) is 5.54 Å². The second kappa shape index (κ2) is 6.38. The molecular formula is C19H21BrN4O4. The normalized spacial score (nSPS) is 31.9. The van der Waals surface area contributed by atoms with E-state index in [9.17, 15) is 19.2 Å². The minimum absolute atomic E-state index is 0.132. The highest BCUT2D eigenvalue weighted by atomic mass is 79.9. The molecule has 5 atom stereocenters. The highest BCUT2D eigenvalue weighted by molar-refractivity contribution is 9.10. The average molecular weight is 449 g/mol. The minimum atomic E-state index is -1.40. The molecule has 4 rings (SSSR count). The number of carbonyl (C=O) groups excluding carboxylic acids is 4. The molecule has 3 aliphatic heterocycles. The van der Waals surface area contributed by atoms with E-state index in [0.717, 1.165) is 4.47 Å². The van der Waals surface area contributed by atoms with E-state index in [1.807, 2.05) is 6.92 Å². The first kappa shape index (κ1) is 19.1. The van der Waals surface area contributed by atoms with E-state index in [1.54, 1.807) is 25.1 Å². The molecule has 28 heavy (non-hydrogen) atoms. The van der Waals surface area contributed by atoms with Gasteiger partial charge in [-0.1, -0.05) is 22.9 Å². The van der Waals surface area contributed by atoms with Gasteiger partial charge in [-0.25, -0.2) is 0 Å². The number of hydrogen-bond donors (Lipinski definition) is 3. The smallest absolute Gasteiger partial charge is 0.250 e. The van der Waals surface area contributed by atoms with E-state index < -0.39 is 35.2 Å². The summed E-state index contributed by atoms with van der Waals surface area (Å²) in [5.74, 6) is -3.46. The Bertz CT molecular complexity index is 919. The minimum Gasteiger partial charge on any atom is -0.370 e. The molecule has 1 aromatic carbocycles. The molecule has 0 saturated carbocycles. The molecule has 9 heteroatoms. The van der Waals surface area contributed by atoms with Gasteiger partial charge in [0.05, 0.1) is 11.8 Å². The van der Waals surface area contributed by atoms with Gasteiger partial charge in [-0.05, 0) is 31.5 Å². The summed E-state index contributed by atoms with van der Waals surface area (Å²) in [6.45, 7) is 3.70. The zero-order valence-corrected chi connectivity index (χ0v) is 17.1. The standard InChI is InChI=1S/C19H21BrN4O4/c1-3-8(2)24-16(26)14-12(7-13(21)25)23-19(15(14)17(24)27)10-6-9(20)4-5-11(10)22-18(19)28/h4-6,8,12,14-15,23H,3,7H2,1-2H3,(H2,21,25)(H,22,28). The lowest BCUT2D eigenvalue weighted by Gasteiger charge is -2.31. The molecule has 1 spiro atoms. The average Bonchev–Trinajstić information content (AvgIpc) is 3.20. The number of anilines is 1. The number of amides is 4. The Labute approximate surface area is 170 Å². The molecule has 148 valence electrons. The quantitative estimate of drug-likeness (QED) is 0.589. The van der Waals surface area contributed by atoms with Crippen LogP contribution in [0.25, 0.3) is 0 Å². The van der Waals surface area contributed by atoms with Crippen molar-refractivity contribution in [3.8, 4) is 0 Å². The first-order chi connectivity index (χ1) is 13.2. The third kappa shape index (κ3) is 2.39. The maximum Gasteiger partial charge on any atom is 0.250 e. The summed E-state index contributed by atoms with van der Waals surface area (Å²) in [6, 6.07) is 4.33. The first-order valence-corrected chi connectivity index (χ1v) is 10.1. The van der Waals surface area contributed by atoms with Crippen molar-refractivity contribution in [1.82, 2.24) is 10.2 Å². The van der Waals surface area contributed by atoms with Crippen LogP contribution >= 0.6 is 15.9 Å². The van der Waals surface area contributed by atoms with Crippen LogP contribution in [0.4, 0.5) is 5.69 Å². The Hall–Kier alpha value is -2.26. The van der Waals surface area contributed by atoms with Crippen molar-refractivity contribution in [3.05, 3.63) is 28.2 Å². The highest BCUT2D eigenvalue weighted by Crippen LogP contribution is 2.54. The lowest BCUT2D eigenvalue weighted by Crippen LogP contribution is -2.54. The fourth-order valence-electron chi connectivity index (χ4n) is 4.80. The zero-order valence-electron chi connectivity index (χ0n) is 15.5. The molecule has 8 nitrogen and oxygen atoms in total. The monoisotopic (exact) mass is 448 g/mol. The number of carbonyl (C=O) groups is 4. The third-order valence-electron chi connectivity index (χ3n) is 6.16.